The van der Waals surface area contributed by atoms with Crippen LogP contribution in [0.4, 0.5) is 0 Å². The minimum Gasteiger partial charge on any atom is -0.440 e. The summed E-state index contributed by atoms with van der Waals surface area (Å²) in [6, 6.07) is 9.96. The number of amides is 1. The minimum absolute atomic E-state index is 0. The third kappa shape index (κ3) is 5.47. The van der Waals surface area contributed by atoms with Crippen LogP contribution in [0.1, 0.15) is 24.4 Å². The maximum atomic E-state index is 12.4. The average Bonchev–Trinajstić information content (AvgIpc) is 3.21. The molecule has 1 aliphatic rings. The molecule has 7 heteroatoms. The van der Waals surface area contributed by atoms with Crippen LogP contribution in [-0.2, 0) is 11.2 Å². The lowest BCUT2D eigenvalue weighted by atomic mass is 10.1. The van der Waals surface area contributed by atoms with E-state index in [2.05, 4.69) is 10.3 Å². The Balaban J connectivity index is 0.00000169. The maximum Gasteiger partial charge on any atom is 0.223 e. The molecule has 0 radical (unpaired) electrons. The average molecular weight is 400 g/mol. The zero-order valence-corrected chi connectivity index (χ0v) is 16.9. The quantitative estimate of drug-likeness (QED) is 0.807. The van der Waals surface area contributed by atoms with Gasteiger partial charge in [0.15, 0.2) is 11.7 Å². The lowest BCUT2D eigenvalue weighted by molar-refractivity contribution is -0.130. The molecule has 0 spiro atoms. The van der Waals surface area contributed by atoms with Crippen molar-refractivity contribution in [2.24, 2.45) is 5.92 Å². The van der Waals surface area contributed by atoms with Crippen molar-refractivity contribution in [1.29, 1.82) is 0 Å². The van der Waals surface area contributed by atoms with Crippen LogP contribution in [0.5, 0.6) is 0 Å². The van der Waals surface area contributed by atoms with Gasteiger partial charge in [-0.25, -0.2) is 4.98 Å². The Labute approximate surface area is 167 Å². The Morgan fingerprint density at radius 3 is 2.73 bits per heavy atom. The van der Waals surface area contributed by atoms with E-state index in [0.29, 0.717) is 24.7 Å². The van der Waals surface area contributed by atoms with Crippen molar-refractivity contribution >= 4 is 30.7 Å². The van der Waals surface area contributed by atoms with Crippen molar-refractivity contribution in [3.05, 3.63) is 41.9 Å². The van der Waals surface area contributed by atoms with E-state index >= 15 is 0 Å². The number of nitrogens with zero attached hydrogens (tertiary/aromatic N) is 2. The molecule has 0 aliphatic carbocycles. The molecule has 1 unspecified atom stereocenters. The summed E-state index contributed by atoms with van der Waals surface area (Å²) in [4.78, 5) is 18.8. The van der Waals surface area contributed by atoms with Gasteiger partial charge in [-0.3, -0.25) is 4.79 Å². The molecule has 144 valence electrons. The van der Waals surface area contributed by atoms with Gasteiger partial charge < -0.3 is 14.6 Å². The fraction of sp³-hybridized carbons (Fsp3) is 0.474. The Kier molecular flexibility index (Phi) is 9.13. The highest BCUT2D eigenvalue weighted by Gasteiger charge is 2.25. The fourth-order valence-corrected chi connectivity index (χ4v) is 3.30. The molecular weight excluding hydrogens is 373 g/mol. The largest absolute Gasteiger partial charge is 0.440 e. The van der Waals surface area contributed by atoms with Gasteiger partial charge in [0.2, 0.25) is 5.91 Å². The molecule has 1 fully saturated rings. The number of likely N-dealkylation sites (tertiary alicyclic amines) is 1. The lowest BCUT2D eigenvalue weighted by Crippen LogP contribution is -2.30. The SMILES string of the molecule is CNCC1CCN(C(=O)CCc2nc(C)c(-c3ccccc3)o2)C1.Cl.Cl. The van der Waals surface area contributed by atoms with Gasteiger partial charge in [-0.15, -0.1) is 24.8 Å². The molecule has 1 aromatic carbocycles. The fourth-order valence-electron chi connectivity index (χ4n) is 3.30. The summed E-state index contributed by atoms with van der Waals surface area (Å²) < 4.78 is 5.88. The number of aryl methyl sites for hydroxylation is 2. The Bertz CT molecular complexity index is 691. The smallest absolute Gasteiger partial charge is 0.223 e. The van der Waals surface area contributed by atoms with Crippen molar-refractivity contribution in [3.8, 4) is 11.3 Å². The molecule has 1 saturated heterocycles. The second kappa shape index (κ2) is 10.6. The van der Waals surface area contributed by atoms with Crippen LogP contribution in [0.25, 0.3) is 11.3 Å². The Morgan fingerprint density at radius 2 is 2.04 bits per heavy atom. The summed E-state index contributed by atoms with van der Waals surface area (Å²) in [5.74, 6) is 2.22. The van der Waals surface area contributed by atoms with E-state index < -0.39 is 0 Å². The standard InChI is InChI=1S/C19H25N3O2.2ClH/c1-14-19(16-6-4-3-5-7-16)24-17(21-14)8-9-18(23)22-11-10-15(13-22)12-20-2;;/h3-7,15,20H,8-13H2,1-2H3;2*1H. The van der Waals surface area contributed by atoms with E-state index in [4.69, 9.17) is 4.42 Å². The van der Waals surface area contributed by atoms with Crippen LogP contribution in [0.3, 0.4) is 0 Å². The predicted octanol–water partition coefficient (Wildman–Crippen LogP) is 3.49. The summed E-state index contributed by atoms with van der Waals surface area (Å²) in [5.41, 5.74) is 1.90. The maximum absolute atomic E-state index is 12.4. The van der Waals surface area contributed by atoms with Gasteiger partial charge in [0.25, 0.3) is 0 Å². The topological polar surface area (TPSA) is 58.4 Å². The molecule has 3 rings (SSSR count). The first kappa shape index (κ1) is 22.5. The second-order valence-electron chi connectivity index (χ2n) is 6.44. The number of hydrogen-bond acceptors (Lipinski definition) is 4. The zero-order chi connectivity index (χ0) is 16.9. The molecule has 1 atom stereocenters. The second-order valence-corrected chi connectivity index (χ2v) is 6.44. The van der Waals surface area contributed by atoms with E-state index in [9.17, 15) is 4.79 Å². The van der Waals surface area contributed by atoms with Gasteiger partial charge in [-0.2, -0.15) is 0 Å². The number of carbonyl (C=O) groups excluding carboxylic acids is 1. The number of benzene rings is 1. The molecule has 1 aliphatic heterocycles. The van der Waals surface area contributed by atoms with Gasteiger partial charge in [0, 0.05) is 31.5 Å². The van der Waals surface area contributed by atoms with Gasteiger partial charge in [0.05, 0.1) is 5.69 Å². The highest BCUT2D eigenvalue weighted by atomic mass is 35.5. The number of halogens is 2. The molecule has 2 heterocycles. The molecule has 0 saturated carbocycles. The number of nitrogens with one attached hydrogen (secondary N) is 1. The highest BCUT2D eigenvalue weighted by molar-refractivity contribution is 5.85. The van der Waals surface area contributed by atoms with Crippen molar-refractivity contribution in [2.75, 3.05) is 26.7 Å². The first-order valence-electron chi connectivity index (χ1n) is 8.61. The summed E-state index contributed by atoms with van der Waals surface area (Å²) in [7, 11) is 1.96. The zero-order valence-electron chi connectivity index (χ0n) is 15.2. The predicted molar refractivity (Wildman–Crippen MR) is 108 cm³/mol. The molecule has 1 aromatic heterocycles. The molecule has 1 N–H and O–H groups in total. The van der Waals surface area contributed by atoms with Crippen LogP contribution in [0.2, 0.25) is 0 Å². The number of carbonyl (C=O) groups is 1. The number of hydrogen-bond donors (Lipinski definition) is 1. The Morgan fingerprint density at radius 1 is 1.31 bits per heavy atom. The minimum atomic E-state index is 0. The van der Waals surface area contributed by atoms with Crippen LogP contribution in [0.15, 0.2) is 34.7 Å². The van der Waals surface area contributed by atoms with Gasteiger partial charge in [0.1, 0.15) is 0 Å². The number of oxazole rings is 1. The van der Waals surface area contributed by atoms with Crippen molar-refractivity contribution in [3.63, 3.8) is 0 Å². The van der Waals surface area contributed by atoms with Crippen molar-refractivity contribution in [2.45, 2.75) is 26.2 Å². The van der Waals surface area contributed by atoms with Crippen LogP contribution < -0.4 is 5.32 Å². The summed E-state index contributed by atoms with van der Waals surface area (Å²) >= 11 is 0. The third-order valence-electron chi connectivity index (χ3n) is 4.56. The normalized spacial score (nSPS) is 16.1. The van der Waals surface area contributed by atoms with Gasteiger partial charge in [-0.1, -0.05) is 30.3 Å². The number of aromatic nitrogens is 1. The molecule has 5 nitrogen and oxygen atoms in total. The molecule has 0 bridgehead atoms. The van der Waals surface area contributed by atoms with E-state index in [0.717, 1.165) is 43.1 Å². The summed E-state index contributed by atoms with van der Waals surface area (Å²) in [6.45, 7) is 4.65. The van der Waals surface area contributed by atoms with Crippen molar-refractivity contribution in [1.82, 2.24) is 15.2 Å². The van der Waals surface area contributed by atoms with E-state index in [1.54, 1.807) is 0 Å². The van der Waals surface area contributed by atoms with Crippen LogP contribution in [0, 0.1) is 12.8 Å². The van der Waals surface area contributed by atoms with E-state index in [-0.39, 0.29) is 30.7 Å². The van der Waals surface area contributed by atoms with Crippen LogP contribution >= 0.6 is 24.8 Å². The van der Waals surface area contributed by atoms with Crippen LogP contribution in [-0.4, -0.2) is 42.5 Å². The lowest BCUT2D eigenvalue weighted by Gasteiger charge is -2.16. The third-order valence-corrected chi connectivity index (χ3v) is 4.56. The molecule has 26 heavy (non-hydrogen) atoms. The van der Waals surface area contributed by atoms with Gasteiger partial charge in [-0.05, 0) is 32.9 Å². The van der Waals surface area contributed by atoms with E-state index in [1.165, 1.54) is 0 Å². The number of rotatable bonds is 6. The summed E-state index contributed by atoms with van der Waals surface area (Å²) in [6.07, 6.45) is 2.10. The van der Waals surface area contributed by atoms with Gasteiger partial charge >= 0.3 is 0 Å². The summed E-state index contributed by atoms with van der Waals surface area (Å²) in [5, 5.41) is 3.19. The molecule has 2 aromatic rings. The first-order valence-corrected chi connectivity index (χ1v) is 8.61. The highest BCUT2D eigenvalue weighted by Crippen LogP contribution is 2.25. The first-order chi connectivity index (χ1) is 11.7. The Hall–Kier alpha value is -1.56. The monoisotopic (exact) mass is 399 g/mol. The molecule has 1 amide bonds. The van der Waals surface area contributed by atoms with Crippen molar-refractivity contribution < 1.29 is 9.21 Å². The molecular formula is C19H27Cl2N3O2. The van der Waals surface area contributed by atoms with E-state index in [1.807, 2.05) is 49.2 Å².